The highest BCUT2D eigenvalue weighted by molar-refractivity contribution is 5.83. The van der Waals surface area contributed by atoms with Crippen LogP contribution in [-0.4, -0.2) is 37.4 Å². The van der Waals surface area contributed by atoms with Crippen molar-refractivity contribution in [3.05, 3.63) is 71.3 Å². The second-order valence-electron chi connectivity index (χ2n) is 7.16. The van der Waals surface area contributed by atoms with E-state index in [2.05, 4.69) is 45.4 Å². The van der Waals surface area contributed by atoms with Gasteiger partial charge < -0.3 is 4.90 Å². The summed E-state index contributed by atoms with van der Waals surface area (Å²) >= 11 is 0. The fraction of sp³-hybridized carbons (Fsp3) is 0.273. The molecule has 0 bridgehead atoms. The standard InChI is InChI=1S/C22H23N5O/c1-15-20(16(2)27-22(25-15)23-14-24-27)10-11-21(28)26(3)13-17-8-9-18-6-4-5-7-19(18)12-17/h4-9,12,14H,10-11,13H2,1-3H3. The molecule has 6 nitrogen and oxygen atoms in total. The van der Waals surface area contributed by atoms with E-state index in [1.165, 1.54) is 17.1 Å². The SMILES string of the molecule is Cc1nc2ncnn2c(C)c1CCC(=O)N(C)Cc1ccc2ccccc2c1. The molecule has 28 heavy (non-hydrogen) atoms. The molecule has 2 aromatic heterocycles. The van der Waals surface area contributed by atoms with E-state index in [1.54, 1.807) is 9.42 Å². The smallest absolute Gasteiger partial charge is 0.252 e. The van der Waals surface area contributed by atoms with Crippen LogP contribution in [0.25, 0.3) is 16.6 Å². The number of aromatic nitrogens is 4. The number of rotatable bonds is 5. The Morgan fingerprint density at radius 2 is 1.89 bits per heavy atom. The van der Waals surface area contributed by atoms with Gasteiger partial charge in [0, 0.05) is 31.4 Å². The molecule has 142 valence electrons. The van der Waals surface area contributed by atoms with Crippen molar-refractivity contribution in [2.24, 2.45) is 0 Å². The molecule has 1 amide bonds. The van der Waals surface area contributed by atoms with E-state index in [0.29, 0.717) is 25.2 Å². The molecule has 0 aliphatic heterocycles. The maximum Gasteiger partial charge on any atom is 0.252 e. The first-order chi connectivity index (χ1) is 13.5. The minimum Gasteiger partial charge on any atom is -0.341 e. The molecule has 4 rings (SSSR count). The van der Waals surface area contributed by atoms with Gasteiger partial charge >= 0.3 is 0 Å². The van der Waals surface area contributed by atoms with Gasteiger partial charge in [0.05, 0.1) is 0 Å². The highest BCUT2D eigenvalue weighted by atomic mass is 16.2. The van der Waals surface area contributed by atoms with Crippen molar-refractivity contribution in [2.75, 3.05) is 7.05 Å². The first-order valence-electron chi connectivity index (χ1n) is 9.40. The Morgan fingerprint density at radius 1 is 1.11 bits per heavy atom. The number of hydrogen-bond donors (Lipinski definition) is 0. The monoisotopic (exact) mass is 373 g/mol. The Labute approximate surface area is 163 Å². The second kappa shape index (κ2) is 7.38. The molecule has 0 fully saturated rings. The molecule has 0 aliphatic carbocycles. The van der Waals surface area contributed by atoms with E-state index in [4.69, 9.17) is 0 Å². The normalized spacial score (nSPS) is 11.2. The van der Waals surface area contributed by atoms with Gasteiger partial charge in [0.2, 0.25) is 5.91 Å². The highest BCUT2D eigenvalue weighted by Crippen LogP contribution is 2.18. The number of hydrogen-bond acceptors (Lipinski definition) is 4. The molecular formula is C22H23N5O. The lowest BCUT2D eigenvalue weighted by Gasteiger charge is -2.18. The first-order valence-corrected chi connectivity index (χ1v) is 9.40. The van der Waals surface area contributed by atoms with Crippen molar-refractivity contribution in [1.82, 2.24) is 24.5 Å². The fourth-order valence-corrected chi connectivity index (χ4v) is 3.64. The predicted molar refractivity (Wildman–Crippen MR) is 109 cm³/mol. The van der Waals surface area contributed by atoms with Gasteiger partial charge in [0.15, 0.2) is 0 Å². The number of benzene rings is 2. The van der Waals surface area contributed by atoms with Gasteiger partial charge in [-0.2, -0.15) is 10.1 Å². The van der Waals surface area contributed by atoms with Crippen LogP contribution in [0.4, 0.5) is 0 Å². The summed E-state index contributed by atoms with van der Waals surface area (Å²) in [6.45, 7) is 4.55. The average Bonchev–Trinajstić information content (AvgIpc) is 3.16. The number of carbonyl (C=O) groups is 1. The second-order valence-corrected chi connectivity index (χ2v) is 7.16. The zero-order valence-corrected chi connectivity index (χ0v) is 16.4. The lowest BCUT2D eigenvalue weighted by molar-refractivity contribution is -0.130. The lowest BCUT2D eigenvalue weighted by Crippen LogP contribution is -2.26. The number of aryl methyl sites for hydroxylation is 2. The van der Waals surface area contributed by atoms with Crippen molar-refractivity contribution in [3.63, 3.8) is 0 Å². The molecule has 0 N–H and O–H groups in total. The maximum absolute atomic E-state index is 12.7. The summed E-state index contributed by atoms with van der Waals surface area (Å²) in [6, 6.07) is 14.6. The predicted octanol–water partition coefficient (Wildman–Crippen LogP) is 3.49. The molecule has 0 saturated carbocycles. The highest BCUT2D eigenvalue weighted by Gasteiger charge is 2.15. The van der Waals surface area contributed by atoms with Crippen LogP contribution in [0.15, 0.2) is 48.8 Å². The Balaban J connectivity index is 1.44. The van der Waals surface area contributed by atoms with Crippen LogP contribution < -0.4 is 0 Å². The van der Waals surface area contributed by atoms with Gasteiger partial charge in [0.25, 0.3) is 5.78 Å². The minimum atomic E-state index is 0.116. The molecule has 0 radical (unpaired) electrons. The van der Waals surface area contributed by atoms with E-state index in [9.17, 15) is 4.79 Å². The topological polar surface area (TPSA) is 63.4 Å². The summed E-state index contributed by atoms with van der Waals surface area (Å²) in [5.74, 6) is 0.712. The molecule has 0 aliphatic rings. The number of carbonyl (C=O) groups excluding carboxylic acids is 1. The van der Waals surface area contributed by atoms with Crippen LogP contribution in [0.5, 0.6) is 0 Å². The molecule has 0 spiro atoms. The number of fused-ring (bicyclic) bond motifs is 2. The first kappa shape index (κ1) is 18.1. The van der Waals surface area contributed by atoms with Crippen LogP contribution in [0.3, 0.4) is 0 Å². The third-order valence-corrected chi connectivity index (χ3v) is 5.24. The Bertz CT molecular complexity index is 1160. The average molecular weight is 373 g/mol. The largest absolute Gasteiger partial charge is 0.341 e. The summed E-state index contributed by atoms with van der Waals surface area (Å²) in [5, 5.41) is 6.61. The van der Waals surface area contributed by atoms with Crippen LogP contribution >= 0.6 is 0 Å². The number of amides is 1. The zero-order chi connectivity index (χ0) is 19.7. The zero-order valence-electron chi connectivity index (χ0n) is 16.4. The Morgan fingerprint density at radius 3 is 2.71 bits per heavy atom. The van der Waals surface area contributed by atoms with Gasteiger partial charge in [-0.25, -0.2) is 9.50 Å². The van der Waals surface area contributed by atoms with E-state index < -0.39 is 0 Å². The van der Waals surface area contributed by atoms with Crippen molar-refractivity contribution < 1.29 is 4.79 Å². The van der Waals surface area contributed by atoms with E-state index in [-0.39, 0.29) is 5.91 Å². The molecule has 6 heteroatoms. The van der Waals surface area contributed by atoms with Crippen LogP contribution in [0, 0.1) is 13.8 Å². The van der Waals surface area contributed by atoms with Crippen LogP contribution in [0.1, 0.15) is 28.9 Å². The summed E-state index contributed by atoms with van der Waals surface area (Å²) in [7, 11) is 1.86. The molecule has 0 atom stereocenters. The fourth-order valence-electron chi connectivity index (χ4n) is 3.64. The van der Waals surface area contributed by atoms with Gasteiger partial charge in [-0.15, -0.1) is 0 Å². The molecule has 2 heterocycles. The third-order valence-electron chi connectivity index (χ3n) is 5.24. The Hall–Kier alpha value is -3.28. The molecule has 0 saturated heterocycles. The molecule has 2 aromatic carbocycles. The summed E-state index contributed by atoms with van der Waals surface area (Å²) < 4.78 is 1.73. The quantitative estimate of drug-likeness (QED) is 0.537. The van der Waals surface area contributed by atoms with Gasteiger partial charge in [-0.3, -0.25) is 4.79 Å². The minimum absolute atomic E-state index is 0.116. The van der Waals surface area contributed by atoms with E-state index >= 15 is 0 Å². The van der Waals surface area contributed by atoms with E-state index in [1.807, 2.05) is 33.0 Å². The lowest BCUT2D eigenvalue weighted by atomic mass is 10.1. The van der Waals surface area contributed by atoms with Crippen LogP contribution in [-0.2, 0) is 17.8 Å². The van der Waals surface area contributed by atoms with Gasteiger partial charge in [0.1, 0.15) is 6.33 Å². The van der Waals surface area contributed by atoms with Gasteiger partial charge in [-0.05, 0) is 48.2 Å². The third kappa shape index (κ3) is 3.45. The van der Waals surface area contributed by atoms with Crippen LogP contribution in [0.2, 0.25) is 0 Å². The summed E-state index contributed by atoms with van der Waals surface area (Å²) in [6.07, 6.45) is 2.58. The summed E-state index contributed by atoms with van der Waals surface area (Å²) in [5.41, 5.74) is 4.09. The van der Waals surface area contributed by atoms with Gasteiger partial charge in [-0.1, -0.05) is 36.4 Å². The van der Waals surface area contributed by atoms with Crippen molar-refractivity contribution in [1.29, 1.82) is 0 Å². The van der Waals surface area contributed by atoms with Crippen molar-refractivity contribution >= 4 is 22.5 Å². The summed E-state index contributed by atoms with van der Waals surface area (Å²) in [4.78, 5) is 23.1. The van der Waals surface area contributed by atoms with E-state index in [0.717, 1.165) is 22.5 Å². The molecule has 4 aromatic rings. The Kier molecular flexibility index (Phi) is 4.77. The van der Waals surface area contributed by atoms with Crippen molar-refractivity contribution in [3.8, 4) is 0 Å². The molecule has 0 unspecified atom stereocenters. The molecular weight excluding hydrogens is 350 g/mol. The maximum atomic E-state index is 12.7. The number of nitrogens with zero attached hydrogens (tertiary/aromatic N) is 5. The van der Waals surface area contributed by atoms with Crippen molar-refractivity contribution in [2.45, 2.75) is 33.2 Å².